The molecular weight excluding hydrogens is 486 g/mol. The molecule has 4 heterocycles. The van der Waals surface area contributed by atoms with Gasteiger partial charge < -0.3 is 19.7 Å². The van der Waals surface area contributed by atoms with E-state index in [1.54, 1.807) is 0 Å². The number of hydrogen-bond acceptors (Lipinski definition) is 9. The van der Waals surface area contributed by atoms with Crippen LogP contribution in [0.4, 0.5) is 5.82 Å². The average molecular weight is 526 g/mol. The van der Waals surface area contributed by atoms with Gasteiger partial charge in [-0.15, -0.1) is 0 Å². The lowest BCUT2D eigenvalue weighted by atomic mass is 9.80. The molecule has 0 bridgehead atoms. The molecule has 11 nitrogen and oxygen atoms in total. The molecule has 2 saturated carbocycles. The number of aromatic nitrogens is 6. The molecule has 0 aromatic carbocycles. The van der Waals surface area contributed by atoms with Gasteiger partial charge in [-0.05, 0) is 69.1 Å². The van der Waals surface area contributed by atoms with E-state index in [0.29, 0.717) is 42.3 Å². The molecule has 206 valence electrons. The molecule has 0 radical (unpaired) electrons. The Balaban J connectivity index is 1.46. The molecule has 3 aliphatic rings. The zero-order valence-corrected chi connectivity index (χ0v) is 22.4. The smallest absolute Gasteiger partial charge is 0.385 e. The first-order valence-electron chi connectivity index (χ1n) is 14.3. The molecule has 6 rings (SSSR count). The Morgan fingerprint density at radius 3 is 2.47 bits per heavy atom. The number of aromatic amines is 1. The summed E-state index contributed by atoms with van der Waals surface area (Å²) in [5, 5.41) is 19.1. The van der Waals surface area contributed by atoms with E-state index in [1.807, 2.05) is 0 Å². The lowest BCUT2D eigenvalue weighted by Gasteiger charge is -2.32. The maximum absolute atomic E-state index is 11.7. The highest BCUT2D eigenvalue weighted by Crippen LogP contribution is 2.38. The molecule has 2 atom stereocenters. The van der Waals surface area contributed by atoms with Gasteiger partial charge in [0.1, 0.15) is 17.4 Å². The normalized spacial score (nSPS) is 24.8. The molecule has 3 N–H and O–H groups in total. The number of nitrogens with one attached hydrogen (secondary N) is 2. The predicted molar refractivity (Wildman–Crippen MR) is 141 cm³/mol. The van der Waals surface area contributed by atoms with Crippen LogP contribution in [0.2, 0.25) is 0 Å². The van der Waals surface area contributed by atoms with Crippen molar-refractivity contribution in [2.75, 3.05) is 18.5 Å². The number of rotatable bonds is 8. The monoisotopic (exact) mass is 525 g/mol. The Hall–Kier alpha value is -2.79. The van der Waals surface area contributed by atoms with Gasteiger partial charge in [-0.2, -0.15) is 0 Å². The van der Waals surface area contributed by atoms with Crippen molar-refractivity contribution in [2.45, 2.75) is 90.3 Å². The third-order valence-corrected chi connectivity index (χ3v) is 9.06. The Kier molecular flexibility index (Phi) is 7.22. The number of hydrogen-bond donors (Lipinski definition) is 3. The fourth-order valence-corrected chi connectivity index (χ4v) is 6.28. The van der Waals surface area contributed by atoms with Crippen molar-refractivity contribution in [1.29, 1.82) is 0 Å². The first-order valence-corrected chi connectivity index (χ1v) is 14.3. The van der Waals surface area contributed by atoms with Crippen LogP contribution in [0.3, 0.4) is 0 Å². The van der Waals surface area contributed by atoms with Crippen molar-refractivity contribution < 1.29 is 14.4 Å². The Bertz CT molecular complexity index is 1300. The van der Waals surface area contributed by atoms with E-state index in [1.165, 1.54) is 32.1 Å². The predicted octanol–water partition coefficient (Wildman–Crippen LogP) is 4.06. The molecule has 1 saturated heterocycles. The summed E-state index contributed by atoms with van der Waals surface area (Å²) in [4.78, 5) is 28.7. The fourth-order valence-electron chi connectivity index (χ4n) is 6.28. The number of aliphatic hydroxyl groups excluding tert-OH is 1. The van der Waals surface area contributed by atoms with Gasteiger partial charge in [0.05, 0.1) is 0 Å². The van der Waals surface area contributed by atoms with Crippen LogP contribution >= 0.6 is 0 Å². The third-order valence-electron chi connectivity index (χ3n) is 9.06. The number of H-pyrrole nitrogens is 1. The van der Waals surface area contributed by atoms with Crippen molar-refractivity contribution >= 4 is 17.0 Å². The van der Waals surface area contributed by atoms with E-state index in [9.17, 15) is 9.90 Å². The van der Waals surface area contributed by atoms with Crippen molar-refractivity contribution in [2.24, 2.45) is 23.7 Å². The molecule has 1 aliphatic heterocycles. The van der Waals surface area contributed by atoms with Gasteiger partial charge in [0, 0.05) is 25.8 Å². The minimum absolute atomic E-state index is 0.0790. The van der Waals surface area contributed by atoms with Crippen LogP contribution in [0, 0.1) is 23.7 Å². The Morgan fingerprint density at radius 1 is 1.05 bits per heavy atom. The number of fused-ring (bicyclic) bond motifs is 1. The molecule has 2 aliphatic carbocycles. The van der Waals surface area contributed by atoms with E-state index in [2.05, 4.69) is 33.9 Å². The maximum atomic E-state index is 11.7. The first-order chi connectivity index (χ1) is 18.5. The van der Waals surface area contributed by atoms with Crippen molar-refractivity contribution in [3.05, 3.63) is 16.4 Å². The zero-order chi connectivity index (χ0) is 26.2. The van der Waals surface area contributed by atoms with Crippen LogP contribution in [0.15, 0.2) is 9.32 Å². The Morgan fingerprint density at radius 2 is 1.82 bits per heavy atom. The summed E-state index contributed by atoms with van der Waals surface area (Å²) in [6.07, 6.45) is 9.28. The zero-order valence-electron chi connectivity index (χ0n) is 22.4. The number of imidazole rings is 1. The lowest BCUT2D eigenvalue weighted by Crippen LogP contribution is -2.31. The second-order valence-electron chi connectivity index (χ2n) is 11.7. The van der Waals surface area contributed by atoms with E-state index in [-0.39, 0.29) is 23.6 Å². The van der Waals surface area contributed by atoms with Crippen molar-refractivity contribution in [3.63, 3.8) is 0 Å². The number of anilines is 1. The lowest BCUT2D eigenvalue weighted by molar-refractivity contribution is 0.00228. The summed E-state index contributed by atoms with van der Waals surface area (Å²) in [6.45, 7) is 6.59. The summed E-state index contributed by atoms with van der Waals surface area (Å²) in [7, 11) is 0. The van der Waals surface area contributed by atoms with Gasteiger partial charge in [0.15, 0.2) is 11.5 Å². The summed E-state index contributed by atoms with van der Waals surface area (Å²) >= 11 is 0. The van der Waals surface area contributed by atoms with Gasteiger partial charge in [-0.25, -0.2) is 19.7 Å². The van der Waals surface area contributed by atoms with E-state index in [4.69, 9.17) is 24.2 Å². The minimum atomic E-state index is -0.720. The second-order valence-corrected chi connectivity index (χ2v) is 11.7. The fraction of sp³-hybridized carbons (Fsp3) is 0.741. The Labute approximate surface area is 221 Å². The summed E-state index contributed by atoms with van der Waals surface area (Å²) < 4.78 is 12.5. The van der Waals surface area contributed by atoms with E-state index in [0.717, 1.165) is 43.7 Å². The van der Waals surface area contributed by atoms with Gasteiger partial charge >= 0.3 is 5.76 Å². The molecule has 3 aromatic rings. The largest absolute Gasteiger partial charge is 0.439 e. The van der Waals surface area contributed by atoms with Crippen LogP contribution in [0.1, 0.15) is 83.6 Å². The SMILES string of the molecule is CC1CCC(Cn2c(C(O)C3CCOCC3)nc3nc(-c4noc(=O)[nH]4)nc(N[C@H](C)C4CCC4)c32)CC1. The summed E-state index contributed by atoms with van der Waals surface area (Å²) in [5.41, 5.74) is 1.30. The van der Waals surface area contributed by atoms with Gasteiger partial charge in [0.2, 0.25) is 11.6 Å². The van der Waals surface area contributed by atoms with Crippen molar-refractivity contribution in [1.82, 2.24) is 29.7 Å². The van der Waals surface area contributed by atoms with Gasteiger partial charge in [-0.1, -0.05) is 31.3 Å². The van der Waals surface area contributed by atoms with Crippen LogP contribution in [-0.2, 0) is 11.3 Å². The minimum Gasteiger partial charge on any atom is -0.385 e. The van der Waals surface area contributed by atoms with E-state index >= 15 is 0 Å². The van der Waals surface area contributed by atoms with Gasteiger partial charge in [-0.3, -0.25) is 9.51 Å². The van der Waals surface area contributed by atoms with Gasteiger partial charge in [0.25, 0.3) is 0 Å². The third kappa shape index (κ3) is 5.10. The highest BCUT2D eigenvalue weighted by Gasteiger charge is 2.32. The van der Waals surface area contributed by atoms with Crippen LogP contribution in [0.25, 0.3) is 22.8 Å². The first kappa shape index (κ1) is 25.5. The molecule has 38 heavy (non-hydrogen) atoms. The standard InChI is InChI=1S/C27H39N7O4/c1-15-6-8-17(9-7-15)14-34-20-22(28-16(2)18-4-3-5-18)29-24(25-32-27(36)38-33-25)30-23(20)31-26(34)21(35)19-10-12-37-13-11-19/h15-19,21,35H,3-14H2,1-2H3,(H,28,29,30)(H,32,33,36)/t15?,16-,17?,21?/m1/s1. The van der Waals surface area contributed by atoms with Crippen LogP contribution < -0.4 is 11.1 Å². The average Bonchev–Trinajstić information content (AvgIpc) is 3.48. The molecule has 3 fully saturated rings. The maximum Gasteiger partial charge on any atom is 0.439 e. The molecule has 11 heteroatoms. The van der Waals surface area contributed by atoms with Crippen molar-refractivity contribution in [3.8, 4) is 11.6 Å². The topological polar surface area (TPSA) is 144 Å². The molecular formula is C27H39N7O4. The highest BCUT2D eigenvalue weighted by molar-refractivity contribution is 5.85. The number of nitrogens with zero attached hydrogens (tertiary/aromatic N) is 5. The number of aliphatic hydroxyl groups is 1. The summed E-state index contributed by atoms with van der Waals surface area (Å²) in [5.74, 6) is 2.98. The molecule has 3 aromatic heterocycles. The number of ether oxygens (including phenoxy) is 1. The van der Waals surface area contributed by atoms with Crippen LogP contribution in [-0.4, -0.2) is 54.0 Å². The van der Waals surface area contributed by atoms with Crippen LogP contribution in [0.5, 0.6) is 0 Å². The molecule has 1 unspecified atom stereocenters. The quantitative estimate of drug-likeness (QED) is 0.396. The molecule has 0 amide bonds. The highest BCUT2D eigenvalue weighted by atomic mass is 16.5. The second kappa shape index (κ2) is 10.8. The van der Waals surface area contributed by atoms with E-state index < -0.39 is 11.9 Å². The molecule has 0 spiro atoms. The summed E-state index contributed by atoms with van der Waals surface area (Å²) in [6, 6.07) is 0.216.